The van der Waals surface area contributed by atoms with Crippen LogP contribution in [0.1, 0.15) is 84.3 Å². The topological polar surface area (TPSA) is 96.5 Å². The third-order valence-electron chi connectivity index (χ3n) is 8.30. The van der Waals surface area contributed by atoms with Gasteiger partial charge in [0.15, 0.2) is 0 Å². The number of likely N-dealkylation sites (tertiary alicyclic amines) is 2. The van der Waals surface area contributed by atoms with E-state index in [1.54, 1.807) is 13.8 Å². The highest BCUT2D eigenvalue weighted by atomic mass is 16.6. The maximum Gasteiger partial charge on any atom is 0.410 e. The van der Waals surface area contributed by atoms with Crippen molar-refractivity contribution in [1.82, 2.24) is 9.80 Å². The summed E-state index contributed by atoms with van der Waals surface area (Å²) in [5.41, 5.74) is 1.77. The van der Waals surface area contributed by atoms with E-state index in [-0.39, 0.29) is 36.9 Å². The van der Waals surface area contributed by atoms with E-state index in [2.05, 4.69) is 16.7 Å². The largest absolute Gasteiger partial charge is 0.444 e. The predicted octanol–water partition coefficient (Wildman–Crippen LogP) is 5.01. The summed E-state index contributed by atoms with van der Waals surface area (Å²) < 4.78 is 11.6. The van der Waals surface area contributed by atoms with Crippen LogP contribution in [0.4, 0.5) is 10.5 Å². The molecule has 0 bridgehead atoms. The molecular formula is C35H51N3O6. The molecule has 2 amide bonds. The summed E-state index contributed by atoms with van der Waals surface area (Å²) in [4.78, 5) is 54.2. The molecule has 0 saturated carbocycles. The van der Waals surface area contributed by atoms with E-state index in [9.17, 15) is 19.2 Å². The van der Waals surface area contributed by atoms with Gasteiger partial charge in [-0.05, 0) is 83.4 Å². The fourth-order valence-electron chi connectivity index (χ4n) is 5.79. The van der Waals surface area contributed by atoms with Crippen LogP contribution in [0.5, 0.6) is 0 Å². The van der Waals surface area contributed by atoms with Crippen LogP contribution in [0.3, 0.4) is 0 Å². The van der Waals surface area contributed by atoms with Crippen LogP contribution in [0.25, 0.3) is 0 Å². The molecule has 9 nitrogen and oxygen atoms in total. The van der Waals surface area contributed by atoms with Gasteiger partial charge in [-0.1, -0.05) is 31.8 Å². The van der Waals surface area contributed by atoms with Gasteiger partial charge in [0.2, 0.25) is 5.91 Å². The number of hydrogen-bond acceptors (Lipinski definition) is 7. The molecule has 0 aromatic heterocycles. The molecule has 2 heterocycles. The summed E-state index contributed by atoms with van der Waals surface area (Å²) in [6, 6.07) is 4.86. The Labute approximate surface area is 263 Å². The highest BCUT2D eigenvalue weighted by molar-refractivity contribution is 5.99. The average Bonchev–Trinajstić information content (AvgIpc) is 2.98. The first kappa shape index (κ1) is 35.3. The number of nitrogens with zero attached hydrogens (tertiary/aromatic N) is 3. The zero-order valence-corrected chi connectivity index (χ0v) is 27.5. The zero-order valence-electron chi connectivity index (χ0n) is 27.5. The summed E-state index contributed by atoms with van der Waals surface area (Å²) in [5, 5.41) is 0. The van der Waals surface area contributed by atoms with Crippen LogP contribution < -0.4 is 4.90 Å². The van der Waals surface area contributed by atoms with Gasteiger partial charge >= 0.3 is 6.09 Å². The summed E-state index contributed by atoms with van der Waals surface area (Å²) in [5.74, 6) is 6.46. The second-order valence-electron chi connectivity index (χ2n) is 13.3. The van der Waals surface area contributed by atoms with Crippen LogP contribution in [0.15, 0.2) is 18.2 Å². The van der Waals surface area contributed by atoms with Crippen molar-refractivity contribution >= 4 is 30.3 Å². The van der Waals surface area contributed by atoms with Crippen molar-refractivity contribution in [3.8, 4) is 11.8 Å². The summed E-state index contributed by atoms with van der Waals surface area (Å²) in [7, 11) is 0. The van der Waals surface area contributed by atoms with Gasteiger partial charge in [0.25, 0.3) is 0 Å². The van der Waals surface area contributed by atoms with Crippen molar-refractivity contribution in [2.24, 2.45) is 11.8 Å². The van der Waals surface area contributed by atoms with Crippen LogP contribution in [0, 0.1) is 30.6 Å². The number of piperidine rings is 2. The van der Waals surface area contributed by atoms with E-state index < -0.39 is 11.6 Å². The van der Waals surface area contributed by atoms with E-state index in [1.807, 2.05) is 50.8 Å². The third kappa shape index (κ3) is 10.4. The Morgan fingerprint density at radius 3 is 2.34 bits per heavy atom. The van der Waals surface area contributed by atoms with E-state index in [0.29, 0.717) is 18.2 Å². The number of ether oxygens (including phenoxy) is 2. The van der Waals surface area contributed by atoms with Gasteiger partial charge in [0.1, 0.15) is 24.8 Å². The quantitative estimate of drug-likeness (QED) is 0.257. The normalized spacial score (nSPS) is 17.5. The SMILES string of the molecule is Cc1c(C#CCOC2CCN(CC3CCN(C(=O)OC(C)(C)C)CC3)CC2)cccc1N(C(=O)C(C)C)C(C=O)CCC=O. The summed E-state index contributed by atoms with van der Waals surface area (Å²) >= 11 is 0. The Bertz CT molecular complexity index is 1180. The molecular weight excluding hydrogens is 558 g/mol. The lowest BCUT2D eigenvalue weighted by Gasteiger charge is -2.37. The molecule has 2 aliphatic rings. The Balaban J connectivity index is 1.48. The lowest BCUT2D eigenvalue weighted by Crippen LogP contribution is -2.45. The molecule has 1 atom stereocenters. The van der Waals surface area contributed by atoms with Gasteiger partial charge in [-0.25, -0.2) is 4.79 Å². The number of carbonyl (C=O) groups excluding carboxylic acids is 4. The Morgan fingerprint density at radius 2 is 1.75 bits per heavy atom. The van der Waals surface area contributed by atoms with Crippen molar-refractivity contribution in [1.29, 1.82) is 0 Å². The van der Waals surface area contributed by atoms with Crippen LogP contribution in [-0.4, -0.2) is 91.5 Å². The minimum absolute atomic E-state index is 0.165. The summed E-state index contributed by atoms with van der Waals surface area (Å²) in [6.45, 7) is 16.1. The number of benzene rings is 1. The molecule has 0 radical (unpaired) electrons. The van der Waals surface area contributed by atoms with Gasteiger partial charge < -0.3 is 33.8 Å². The lowest BCUT2D eigenvalue weighted by atomic mass is 9.95. The van der Waals surface area contributed by atoms with E-state index >= 15 is 0 Å². The first-order valence-corrected chi connectivity index (χ1v) is 16.1. The monoisotopic (exact) mass is 609 g/mol. The van der Waals surface area contributed by atoms with Gasteiger partial charge in [-0.2, -0.15) is 0 Å². The van der Waals surface area contributed by atoms with Crippen molar-refractivity contribution in [2.45, 2.75) is 97.8 Å². The molecule has 1 aromatic carbocycles. The number of hydrogen-bond donors (Lipinski definition) is 0. The molecule has 44 heavy (non-hydrogen) atoms. The molecule has 2 saturated heterocycles. The second kappa shape index (κ2) is 16.7. The molecule has 0 aliphatic carbocycles. The van der Waals surface area contributed by atoms with Crippen LogP contribution in [0.2, 0.25) is 0 Å². The number of carbonyl (C=O) groups is 4. The Morgan fingerprint density at radius 1 is 1.07 bits per heavy atom. The van der Waals surface area contributed by atoms with Gasteiger partial charge in [-0.3, -0.25) is 4.79 Å². The first-order chi connectivity index (χ1) is 20.9. The molecule has 0 spiro atoms. The highest BCUT2D eigenvalue weighted by Crippen LogP contribution is 2.28. The van der Waals surface area contributed by atoms with Gasteiger partial charge in [-0.15, -0.1) is 0 Å². The van der Waals surface area contributed by atoms with E-state index in [0.717, 1.165) is 82.1 Å². The molecule has 2 aliphatic heterocycles. The predicted molar refractivity (Wildman–Crippen MR) is 171 cm³/mol. The maximum absolute atomic E-state index is 13.1. The Hall–Kier alpha value is -3.22. The molecule has 2 fully saturated rings. The van der Waals surface area contributed by atoms with E-state index in [4.69, 9.17) is 9.47 Å². The molecule has 1 aromatic rings. The van der Waals surface area contributed by atoms with Crippen molar-refractivity contribution in [3.05, 3.63) is 29.3 Å². The fourth-order valence-corrected chi connectivity index (χ4v) is 5.79. The van der Waals surface area contributed by atoms with Crippen molar-refractivity contribution < 1.29 is 28.7 Å². The summed E-state index contributed by atoms with van der Waals surface area (Å²) in [6.07, 6.45) is 5.90. The minimum atomic E-state index is -0.712. The zero-order chi connectivity index (χ0) is 32.3. The number of anilines is 1. The Kier molecular flexibility index (Phi) is 13.4. The number of rotatable bonds is 11. The van der Waals surface area contributed by atoms with Crippen LogP contribution in [-0.2, 0) is 23.9 Å². The number of amides is 2. The molecule has 1 unspecified atom stereocenters. The van der Waals surface area contributed by atoms with Crippen LogP contribution >= 0.6 is 0 Å². The third-order valence-corrected chi connectivity index (χ3v) is 8.30. The molecule has 0 N–H and O–H groups in total. The molecule has 242 valence electrons. The minimum Gasteiger partial charge on any atom is -0.444 e. The maximum atomic E-state index is 13.1. The number of aldehydes is 2. The lowest BCUT2D eigenvalue weighted by molar-refractivity contribution is -0.123. The van der Waals surface area contributed by atoms with Crippen molar-refractivity contribution in [3.63, 3.8) is 0 Å². The van der Waals surface area contributed by atoms with E-state index in [1.165, 1.54) is 4.90 Å². The van der Waals surface area contributed by atoms with Gasteiger partial charge in [0.05, 0.1) is 12.1 Å². The fraction of sp³-hybridized carbons (Fsp3) is 0.657. The van der Waals surface area contributed by atoms with Crippen molar-refractivity contribution in [2.75, 3.05) is 44.2 Å². The average molecular weight is 610 g/mol. The molecule has 3 rings (SSSR count). The molecule has 9 heteroatoms. The van der Waals surface area contributed by atoms with Gasteiger partial charge in [0, 0.05) is 56.3 Å². The highest BCUT2D eigenvalue weighted by Gasteiger charge is 2.30. The standard InChI is InChI=1S/C35H51N3O6/c1-26(2)33(41)38(30(25-40)12-8-22-39)32-13-7-10-29(27(32)3)11-9-23-43-31-16-18-36(19-17-31)24-28-14-20-37(21-15-28)34(42)44-35(4,5)6/h7,10,13,22,25-26,28,30-31H,8,12,14-21,23-24H2,1-6H3. The first-order valence-electron chi connectivity index (χ1n) is 16.1. The smallest absolute Gasteiger partial charge is 0.410 e. The second-order valence-corrected chi connectivity index (χ2v) is 13.3.